The Labute approximate surface area is 150 Å². The monoisotopic (exact) mass is 392 g/mol. The van der Waals surface area contributed by atoms with Gasteiger partial charge in [0.25, 0.3) is 0 Å². The van der Waals surface area contributed by atoms with Crippen LogP contribution in [0.25, 0.3) is 0 Å². The normalized spacial score (nSPS) is 10.2. The molecule has 2 rings (SSSR count). The highest BCUT2D eigenvalue weighted by molar-refractivity contribution is 9.10. The molecule has 0 unspecified atom stereocenters. The zero-order valence-electron chi connectivity index (χ0n) is 14.0. The van der Waals surface area contributed by atoms with Gasteiger partial charge in [0, 0.05) is 24.8 Å². The number of hydrogen-bond acceptors (Lipinski definition) is 4. The van der Waals surface area contributed by atoms with Crippen LogP contribution >= 0.6 is 15.9 Å². The number of hydrogen-bond donors (Lipinski definition) is 2. The zero-order chi connectivity index (χ0) is 17.5. The van der Waals surface area contributed by atoms with Crippen molar-refractivity contribution in [3.63, 3.8) is 0 Å². The molecular formula is C18H21BrN2O3. The van der Waals surface area contributed by atoms with Crippen LogP contribution in [0.5, 0.6) is 11.5 Å². The number of carbonyl (C=O) groups is 1. The van der Waals surface area contributed by atoms with Gasteiger partial charge >= 0.3 is 0 Å². The number of benzene rings is 2. The second kappa shape index (κ2) is 8.59. The maximum Gasteiger partial charge on any atom is 0.221 e. The summed E-state index contributed by atoms with van der Waals surface area (Å²) in [4.78, 5) is 11.0. The number of rotatable bonds is 7. The Kier molecular flexibility index (Phi) is 6.49. The first-order valence-corrected chi connectivity index (χ1v) is 8.43. The molecule has 2 aromatic rings. The number of ether oxygens (including phenoxy) is 2. The Morgan fingerprint density at radius 2 is 1.83 bits per heavy atom. The number of anilines is 2. The number of carbonyl (C=O) groups excluding carboxylic acids is 1. The average molecular weight is 393 g/mol. The summed E-state index contributed by atoms with van der Waals surface area (Å²) < 4.78 is 11.9. The Hall–Kier alpha value is -2.21. The highest BCUT2D eigenvalue weighted by atomic mass is 79.9. The van der Waals surface area contributed by atoms with Crippen molar-refractivity contribution in [2.45, 2.75) is 20.4 Å². The molecule has 0 heterocycles. The van der Waals surface area contributed by atoms with Gasteiger partial charge in [0.1, 0.15) is 0 Å². The van der Waals surface area contributed by atoms with Crippen LogP contribution < -0.4 is 20.1 Å². The third kappa shape index (κ3) is 4.89. The largest absolute Gasteiger partial charge is 0.492 e. The standard InChI is InChI=1S/C18H21BrN2O3/c1-4-24-17-10-13(9-16(19)18(17)23-3)11-20-14-5-7-15(8-6-14)21-12(2)22/h5-10,20H,4,11H2,1-3H3,(H,21,22). The van der Waals surface area contributed by atoms with Crippen molar-refractivity contribution in [2.75, 3.05) is 24.4 Å². The van der Waals surface area contributed by atoms with Crippen molar-refractivity contribution in [3.05, 3.63) is 46.4 Å². The van der Waals surface area contributed by atoms with E-state index in [9.17, 15) is 4.79 Å². The SMILES string of the molecule is CCOc1cc(CNc2ccc(NC(C)=O)cc2)cc(Br)c1OC. The molecule has 0 atom stereocenters. The molecule has 0 aliphatic carbocycles. The van der Waals surface area contributed by atoms with Gasteiger partial charge in [-0.3, -0.25) is 4.79 Å². The molecule has 0 saturated heterocycles. The summed E-state index contributed by atoms with van der Waals surface area (Å²) in [7, 11) is 1.62. The molecule has 6 heteroatoms. The van der Waals surface area contributed by atoms with Crippen LogP contribution in [0, 0.1) is 0 Å². The first-order chi connectivity index (χ1) is 11.5. The van der Waals surface area contributed by atoms with E-state index in [0.717, 1.165) is 21.4 Å². The fraction of sp³-hybridized carbons (Fsp3) is 0.278. The number of nitrogens with one attached hydrogen (secondary N) is 2. The van der Waals surface area contributed by atoms with Crippen molar-refractivity contribution in [1.29, 1.82) is 0 Å². The summed E-state index contributed by atoms with van der Waals surface area (Å²) in [5.74, 6) is 1.33. The third-order valence-electron chi connectivity index (χ3n) is 3.28. The van der Waals surface area contributed by atoms with Gasteiger partial charge in [-0.25, -0.2) is 0 Å². The Bertz CT molecular complexity index is 702. The fourth-order valence-corrected chi connectivity index (χ4v) is 2.91. The maximum absolute atomic E-state index is 11.0. The third-order valence-corrected chi connectivity index (χ3v) is 3.86. The Morgan fingerprint density at radius 3 is 2.42 bits per heavy atom. The molecule has 0 saturated carbocycles. The zero-order valence-corrected chi connectivity index (χ0v) is 15.6. The molecule has 0 spiro atoms. The lowest BCUT2D eigenvalue weighted by Crippen LogP contribution is -2.06. The second-order valence-electron chi connectivity index (χ2n) is 5.15. The van der Waals surface area contributed by atoms with Crippen LogP contribution in [-0.2, 0) is 11.3 Å². The van der Waals surface area contributed by atoms with E-state index in [1.54, 1.807) is 7.11 Å². The maximum atomic E-state index is 11.0. The molecule has 0 radical (unpaired) electrons. The molecule has 0 aliphatic rings. The molecule has 0 bridgehead atoms. The van der Waals surface area contributed by atoms with E-state index in [0.29, 0.717) is 24.7 Å². The van der Waals surface area contributed by atoms with Gasteiger partial charge in [0.15, 0.2) is 11.5 Å². The predicted octanol–water partition coefficient (Wildman–Crippen LogP) is 4.43. The van der Waals surface area contributed by atoms with Crippen LogP contribution in [0.3, 0.4) is 0 Å². The second-order valence-corrected chi connectivity index (χ2v) is 6.01. The van der Waals surface area contributed by atoms with E-state index in [-0.39, 0.29) is 5.91 Å². The minimum atomic E-state index is -0.0813. The van der Waals surface area contributed by atoms with Crippen molar-refractivity contribution in [3.8, 4) is 11.5 Å². The first-order valence-electron chi connectivity index (χ1n) is 7.64. The molecular weight excluding hydrogens is 372 g/mol. The van der Waals surface area contributed by atoms with Gasteiger partial charge in [-0.15, -0.1) is 0 Å². The lowest BCUT2D eigenvalue weighted by molar-refractivity contribution is -0.114. The number of halogens is 1. The Morgan fingerprint density at radius 1 is 1.17 bits per heavy atom. The molecule has 2 aromatic carbocycles. The number of methoxy groups -OCH3 is 1. The van der Waals surface area contributed by atoms with Crippen molar-refractivity contribution in [2.24, 2.45) is 0 Å². The van der Waals surface area contributed by atoms with Crippen LogP contribution in [0.15, 0.2) is 40.9 Å². The van der Waals surface area contributed by atoms with Gasteiger partial charge in [-0.1, -0.05) is 0 Å². The molecule has 0 fully saturated rings. The summed E-state index contributed by atoms with van der Waals surface area (Å²) >= 11 is 3.51. The van der Waals surface area contributed by atoms with Gasteiger partial charge in [0.05, 0.1) is 18.2 Å². The minimum absolute atomic E-state index is 0.0813. The summed E-state index contributed by atoms with van der Waals surface area (Å²) in [6.45, 7) is 4.64. The topological polar surface area (TPSA) is 59.6 Å². The van der Waals surface area contributed by atoms with Gasteiger partial charge < -0.3 is 20.1 Å². The van der Waals surface area contributed by atoms with Crippen molar-refractivity contribution in [1.82, 2.24) is 0 Å². The highest BCUT2D eigenvalue weighted by Crippen LogP contribution is 2.36. The van der Waals surface area contributed by atoms with Gasteiger partial charge in [0.2, 0.25) is 5.91 Å². The first kappa shape index (κ1) is 18.1. The van der Waals surface area contributed by atoms with Gasteiger partial charge in [-0.05, 0) is 64.8 Å². The smallest absolute Gasteiger partial charge is 0.221 e. The highest BCUT2D eigenvalue weighted by Gasteiger charge is 2.11. The fourth-order valence-electron chi connectivity index (χ4n) is 2.26. The molecule has 2 N–H and O–H groups in total. The minimum Gasteiger partial charge on any atom is -0.492 e. The molecule has 0 aliphatic heterocycles. The van der Waals surface area contributed by atoms with Crippen LogP contribution in [0.1, 0.15) is 19.4 Å². The molecule has 128 valence electrons. The van der Waals surface area contributed by atoms with Gasteiger partial charge in [-0.2, -0.15) is 0 Å². The summed E-state index contributed by atoms with van der Waals surface area (Å²) in [6, 6.07) is 11.5. The number of amides is 1. The van der Waals surface area contributed by atoms with Crippen molar-refractivity contribution >= 4 is 33.2 Å². The molecule has 24 heavy (non-hydrogen) atoms. The summed E-state index contributed by atoms with van der Waals surface area (Å²) in [6.07, 6.45) is 0. The van der Waals surface area contributed by atoms with E-state index in [4.69, 9.17) is 9.47 Å². The van der Waals surface area contributed by atoms with Crippen molar-refractivity contribution < 1.29 is 14.3 Å². The Balaban J connectivity index is 2.07. The van der Waals surface area contributed by atoms with E-state index in [1.807, 2.05) is 43.3 Å². The lowest BCUT2D eigenvalue weighted by atomic mass is 10.2. The van der Waals surface area contributed by atoms with E-state index < -0.39 is 0 Å². The van der Waals surface area contributed by atoms with Crippen LogP contribution in [0.4, 0.5) is 11.4 Å². The van der Waals surface area contributed by atoms with Crippen LogP contribution in [0.2, 0.25) is 0 Å². The molecule has 0 aromatic heterocycles. The molecule has 5 nitrogen and oxygen atoms in total. The van der Waals surface area contributed by atoms with E-state index in [1.165, 1.54) is 6.92 Å². The molecule has 1 amide bonds. The van der Waals surface area contributed by atoms with E-state index >= 15 is 0 Å². The lowest BCUT2D eigenvalue weighted by Gasteiger charge is -2.14. The average Bonchev–Trinajstić information content (AvgIpc) is 2.54. The van der Waals surface area contributed by atoms with E-state index in [2.05, 4.69) is 26.6 Å². The van der Waals surface area contributed by atoms with Crippen LogP contribution in [-0.4, -0.2) is 19.6 Å². The summed E-state index contributed by atoms with van der Waals surface area (Å²) in [5, 5.41) is 6.09. The summed E-state index contributed by atoms with van der Waals surface area (Å²) in [5.41, 5.74) is 2.81. The quantitative estimate of drug-likeness (QED) is 0.731. The predicted molar refractivity (Wildman–Crippen MR) is 99.9 cm³/mol.